The van der Waals surface area contributed by atoms with E-state index in [0.29, 0.717) is 12.1 Å². The van der Waals surface area contributed by atoms with Crippen molar-refractivity contribution in [3.05, 3.63) is 90.0 Å². The topological polar surface area (TPSA) is 61.4 Å². The first kappa shape index (κ1) is 15.8. The maximum Gasteiger partial charge on any atom is 0.274 e. The SMILES string of the molecule is C=C(NCc1ccc(C(=O)NO)cc1)c1ccc2ccccc2c1. The van der Waals surface area contributed by atoms with Crippen molar-refractivity contribution in [2.75, 3.05) is 0 Å². The van der Waals surface area contributed by atoms with Crippen LogP contribution >= 0.6 is 0 Å². The fourth-order valence-corrected chi connectivity index (χ4v) is 2.53. The number of carbonyl (C=O) groups is 1. The normalized spacial score (nSPS) is 10.4. The van der Waals surface area contributed by atoms with Gasteiger partial charge in [0.05, 0.1) is 0 Å². The summed E-state index contributed by atoms with van der Waals surface area (Å²) in [4.78, 5) is 11.3. The van der Waals surface area contributed by atoms with Gasteiger partial charge in [-0.1, -0.05) is 55.1 Å². The van der Waals surface area contributed by atoms with Crippen LogP contribution in [0, 0.1) is 0 Å². The van der Waals surface area contributed by atoms with E-state index < -0.39 is 5.91 Å². The van der Waals surface area contributed by atoms with E-state index in [0.717, 1.165) is 16.8 Å². The molecule has 0 aliphatic carbocycles. The molecule has 3 N–H and O–H groups in total. The number of fused-ring (bicyclic) bond motifs is 1. The highest BCUT2D eigenvalue weighted by molar-refractivity contribution is 5.93. The molecule has 3 aromatic carbocycles. The van der Waals surface area contributed by atoms with Gasteiger partial charge in [0.1, 0.15) is 0 Å². The average molecular weight is 318 g/mol. The smallest absolute Gasteiger partial charge is 0.274 e. The van der Waals surface area contributed by atoms with Gasteiger partial charge >= 0.3 is 0 Å². The van der Waals surface area contributed by atoms with E-state index in [4.69, 9.17) is 5.21 Å². The van der Waals surface area contributed by atoms with Crippen molar-refractivity contribution in [1.29, 1.82) is 0 Å². The zero-order valence-electron chi connectivity index (χ0n) is 13.1. The van der Waals surface area contributed by atoms with E-state index in [-0.39, 0.29) is 0 Å². The molecule has 0 saturated carbocycles. The summed E-state index contributed by atoms with van der Waals surface area (Å²) < 4.78 is 0. The van der Waals surface area contributed by atoms with Gasteiger partial charge in [-0.3, -0.25) is 10.0 Å². The second-order valence-corrected chi connectivity index (χ2v) is 5.53. The number of hydrogen-bond donors (Lipinski definition) is 3. The molecule has 4 nitrogen and oxygen atoms in total. The molecule has 3 rings (SSSR count). The largest absolute Gasteiger partial charge is 0.381 e. The summed E-state index contributed by atoms with van der Waals surface area (Å²) in [5.74, 6) is -0.518. The molecule has 0 radical (unpaired) electrons. The van der Waals surface area contributed by atoms with E-state index in [9.17, 15) is 4.79 Å². The summed E-state index contributed by atoms with van der Waals surface area (Å²) >= 11 is 0. The molecule has 1 amide bonds. The minimum atomic E-state index is -0.518. The monoisotopic (exact) mass is 318 g/mol. The van der Waals surface area contributed by atoms with Crippen molar-refractivity contribution in [1.82, 2.24) is 10.8 Å². The van der Waals surface area contributed by atoms with E-state index in [1.165, 1.54) is 10.8 Å². The zero-order valence-corrected chi connectivity index (χ0v) is 13.1. The quantitative estimate of drug-likeness (QED) is 0.496. The second-order valence-electron chi connectivity index (χ2n) is 5.53. The number of carbonyl (C=O) groups excluding carboxylic acids is 1. The Morgan fingerprint density at radius 1 is 0.917 bits per heavy atom. The minimum absolute atomic E-state index is 0.412. The number of nitrogens with one attached hydrogen (secondary N) is 2. The Balaban J connectivity index is 1.67. The van der Waals surface area contributed by atoms with E-state index in [1.807, 2.05) is 30.3 Å². The number of hydrogen-bond acceptors (Lipinski definition) is 3. The molecule has 3 aromatic rings. The van der Waals surface area contributed by atoms with Crippen LogP contribution in [0.1, 0.15) is 21.5 Å². The Morgan fingerprint density at radius 2 is 1.58 bits per heavy atom. The molecule has 0 bridgehead atoms. The highest BCUT2D eigenvalue weighted by Crippen LogP contribution is 2.19. The average Bonchev–Trinajstić information content (AvgIpc) is 2.65. The van der Waals surface area contributed by atoms with Gasteiger partial charge in [-0.05, 0) is 40.1 Å². The third kappa shape index (κ3) is 3.45. The van der Waals surface area contributed by atoms with Gasteiger partial charge in [-0.15, -0.1) is 0 Å². The number of hydroxylamine groups is 1. The number of amides is 1. The van der Waals surface area contributed by atoms with Crippen molar-refractivity contribution >= 4 is 22.4 Å². The Hall–Kier alpha value is -3.11. The predicted molar refractivity (Wildman–Crippen MR) is 95.5 cm³/mol. The lowest BCUT2D eigenvalue weighted by atomic mass is 10.1. The minimum Gasteiger partial charge on any atom is -0.381 e. The lowest BCUT2D eigenvalue weighted by Gasteiger charge is -2.11. The number of rotatable bonds is 5. The zero-order chi connectivity index (χ0) is 16.9. The van der Waals surface area contributed by atoms with E-state index in [2.05, 4.69) is 36.2 Å². The molecule has 4 heteroatoms. The van der Waals surface area contributed by atoms with Crippen molar-refractivity contribution in [3.8, 4) is 0 Å². The summed E-state index contributed by atoms with van der Waals surface area (Å²) in [6, 6.07) is 21.5. The van der Waals surface area contributed by atoms with Crippen molar-refractivity contribution in [2.24, 2.45) is 0 Å². The summed E-state index contributed by atoms with van der Waals surface area (Å²) in [6.07, 6.45) is 0. The van der Waals surface area contributed by atoms with Crippen LogP contribution in [-0.2, 0) is 6.54 Å². The first-order chi connectivity index (χ1) is 11.7. The lowest BCUT2D eigenvalue weighted by Crippen LogP contribution is -2.18. The summed E-state index contributed by atoms with van der Waals surface area (Å²) in [7, 11) is 0. The second kappa shape index (κ2) is 6.98. The highest BCUT2D eigenvalue weighted by atomic mass is 16.5. The maximum atomic E-state index is 11.3. The molecular formula is C20H18N2O2. The molecule has 0 heterocycles. The van der Waals surface area contributed by atoms with Crippen molar-refractivity contribution < 1.29 is 10.0 Å². The van der Waals surface area contributed by atoms with E-state index >= 15 is 0 Å². The van der Waals surface area contributed by atoms with Gasteiger partial charge in [0, 0.05) is 17.8 Å². The van der Waals surface area contributed by atoms with Crippen molar-refractivity contribution in [2.45, 2.75) is 6.54 Å². The molecule has 0 spiro atoms. The Labute approximate surface area is 140 Å². The van der Waals surface area contributed by atoms with Crippen LogP contribution in [0.5, 0.6) is 0 Å². The van der Waals surface area contributed by atoms with Crippen LogP contribution in [0.15, 0.2) is 73.3 Å². The molecule has 0 saturated heterocycles. The van der Waals surface area contributed by atoms with Crippen LogP contribution in [0.25, 0.3) is 16.5 Å². The first-order valence-electron chi connectivity index (χ1n) is 7.63. The number of benzene rings is 3. The molecule has 0 atom stereocenters. The fraction of sp³-hybridized carbons (Fsp3) is 0.0500. The van der Waals surface area contributed by atoms with Crippen LogP contribution < -0.4 is 10.8 Å². The molecule has 0 unspecified atom stereocenters. The first-order valence-corrected chi connectivity index (χ1v) is 7.63. The molecule has 0 fully saturated rings. The molecule has 120 valence electrons. The highest BCUT2D eigenvalue weighted by Gasteiger charge is 2.04. The van der Waals surface area contributed by atoms with Gasteiger partial charge in [0.25, 0.3) is 5.91 Å². The van der Waals surface area contributed by atoms with Gasteiger partial charge in [0.15, 0.2) is 0 Å². The summed E-state index contributed by atoms with van der Waals surface area (Å²) in [6.45, 7) is 4.70. The van der Waals surface area contributed by atoms with Crippen LogP contribution in [0.4, 0.5) is 0 Å². The van der Waals surface area contributed by atoms with E-state index in [1.54, 1.807) is 17.6 Å². The molecule has 0 aliphatic heterocycles. The lowest BCUT2D eigenvalue weighted by molar-refractivity contribution is 0.0706. The van der Waals surface area contributed by atoms with Crippen LogP contribution in [0.2, 0.25) is 0 Å². The Kier molecular flexibility index (Phi) is 4.59. The van der Waals surface area contributed by atoms with Gasteiger partial charge < -0.3 is 5.32 Å². The van der Waals surface area contributed by atoms with Gasteiger partial charge in [-0.2, -0.15) is 0 Å². The standard InChI is InChI=1S/C20H18N2O2/c1-14(18-11-10-16-4-2-3-5-19(16)12-18)21-13-15-6-8-17(9-7-15)20(23)22-24/h2-12,21,24H,1,13H2,(H,22,23). The van der Waals surface area contributed by atoms with Gasteiger partial charge in [-0.25, -0.2) is 5.48 Å². The third-order valence-electron chi connectivity index (χ3n) is 3.92. The van der Waals surface area contributed by atoms with Gasteiger partial charge in [0.2, 0.25) is 0 Å². The summed E-state index contributed by atoms with van der Waals surface area (Å²) in [5.41, 5.74) is 4.94. The Morgan fingerprint density at radius 3 is 2.29 bits per heavy atom. The molecule has 0 aromatic heterocycles. The molecule has 0 aliphatic rings. The summed E-state index contributed by atoms with van der Waals surface area (Å²) in [5, 5.41) is 14.3. The van der Waals surface area contributed by atoms with Crippen LogP contribution in [0.3, 0.4) is 0 Å². The predicted octanol–water partition coefficient (Wildman–Crippen LogP) is 3.72. The third-order valence-corrected chi connectivity index (χ3v) is 3.92. The van der Waals surface area contributed by atoms with Crippen molar-refractivity contribution in [3.63, 3.8) is 0 Å². The molecule has 24 heavy (non-hydrogen) atoms. The maximum absolute atomic E-state index is 11.3. The fourth-order valence-electron chi connectivity index (χ4n) is 2.53. The van der Waals surface area contributed by atoms with Crippen LogP contribution in [-0.4, -0.2) is 11.1 Å². The molecular weight excluding hydrogens is 300 g/mol. The Bertz CT molecular complexity index is 886.